The first-order valence-corrected chi connectivity index (χ1v) is 16.0. The lowest BCUT2D eigenvalue weighted by Crippen LogP contribution is -2.55. The lowest BCUT2D eigenvalue weighted by atomic mass is 10.1. The second-order valence-electron chi connectivity index (χ2n) is 12.5. The van der Waals surface area contributed by atoms with Gasteiger partial charge in [0.05, 0.1) is 11.4 Å². The molecular weight excluding hydrogens is 626 g/mol. The van der Waals surface area contributed by atoms with E-state index >= 15 is 0 Å². The number of primary amides is 1. The minimum atomic E-state index is -1.09. The zero-order chi connectivity index (χ0) is 35.4. The molecule has 1 aliphatic rings. The Bertz CT molecular complexity index is 1640. The number of nitrogens with two attached hydrogens (primary N) is 1. The van der Waals surface area contributed by atoms with Crippen molar-refractivity contribution in [2.24, 2.45) is 10.8 Å². The highest BCUT2D eigenvalue weighted by Gasteiger charge is 2.36. The van der Waals surface area contributed by atoms with Crippen LogP contribution in [0.4, 0.5) is 16.2 Å². The Hall–Kier alpha value is -5.72. The number of anilines is 2. The number of para-hydroxylation sites is 2. The van der Waals surface area contributed by atoms with Gasteiger partial charge in [0.25, 0.3) is 5.91 Å². The molecule has 1 heterocycles. The molecule has 0 aromatic heterocycles. The molecule has 0 spiro atoms. The molecule has 258 valence electrons. The van der Waals surface area contributed by atoms with Gasteiger partial charge in [-0.25, -0.2) is 10.2 Å². The van der Waals surface area contributed by atoms with Crippen molar-refractivity contribution in [3.8, 4) is 0 Å². The van der Waals surface area contributed by atoms with Crippen molar-refractivity contribution in [3.63, 3.8) is 0 Å². The average molecular weight is 670 g/mol. The SMILES string of the molecule is CC(C)(C)OC(=NNC(N)=O)[C@H](CC=O)NC(=O)CN1C(=O)[C@@H](NC(=O)CCc2ccccc2)CN(Cc2ccccc2)c2ccccc21. The first kappa shape index (κ1) is 36.1. The van der Waals surface area contributed by atoms with Crippen LogP contribution in [0.5, 0.6) is 0 Å². The normalized spacial score (nSPS) is 15.4. The number of carbonyl (C=O) groups is 5. The summed E-state index contributed by atoms with van der Waals surface area (Å²) in [4.78, 5) is 67.6. The average Bonchev–Trinajstić information content (AvgIpc) is 3.16. The number of ether oxygens (including phenoxy) is 1. The largest absolute Gasteiger partial charge is 0.473 e. The summed E-state index contributed by atoms with van der Waals surface area (Å²) in [5, 5.41) is 9.53. The smallest absolute Gasteiger partial charge is 0.332 e. The summed E-state index contributed by atoms with van der Waals surface area (Å²) in [5.74, 6) is -1.56. The molecule has 13 heteroatoms. The first-order valence-electron chi connectivity index (χ1n) is 16.0. The van der Waals surface area contributed by atoms with Crippen LogP contribution in [0, 0.1) is 0 Å². The maximum atomic E-state index is 14.3. The standard InChI is InChI=1S/C36H43N7O6/c1-36(2,3)49-33(40-41-35(37)48)27(20-21-44)38-32(46)24-43-30-17-11-10-16-29(30)42(22-26-14-8-5-9-15-26)23-28(34(43)47)39-31(45)19-18-25-12-6-4-7-13-25/h4-17,21,27-28H,18-20,22-24H2,1-3H3,(H,38,46)(H,39,45)(H3,37,41,48)/t27-,28-/m0/s1. The molecule has 0 saturated heterocycles. The van der Waals surface area contributed by atoms with Gasteiger partial charge in [-0.05, 0) is 50.5 Å². The number of aryl methyl sites for hydroxylation is 1. The number of hydrogen-bond donors (Lipinski definition) is 4. The fraction of sp³-hybridized carbons (Fsp3) is 0.333. The predicted octanol–water partition coefficient (Wildman–Crippen LogP) is 3.03. The minimum absolute atomic E-state index is 0.146. The molecule has 4 rings (SSSR count). The van der Waals surface area contributed by atoms with Crippen LogP contribution < -0.4 is 31.6 Å². The van der Waals surface area contributed by atoms with E-state index < -0.39 is 42.1 Å². The fourth-order valence-corrected chi connectivity index (χ4v) is 5.35. The van der Waals surface area contributed by atoms with Crippen LogP contribution in [0.1, 0.15) is 44.7 Å². The number of benzene rings is 3. The zero-order valence-corrected chi connectivity index (χ0v) is 27.9. The Morgan fingerprint density at radius 1 is 0.939 bits per heavy atom. The van der Waals surface area contributed by atoms with Crippen LogP contribution in [-0.4, -0.2) is 66.7 Å². The predicted molar refractivity (Wildman–Crippen MR) is 187 cm³/mol. The number of amides is 5. The summed E-state index contributed by atoms with van der Waals surface area (Å²) < 4.78 is 5.85. The Morgan fingerprint density at radius 2 is 1.55 bits per heavy atom. The molecule has 5 amide bonds. The third kappa shape index (κ3) is 10.9. The number of urea groups is 1. The van der Waals surface area contributed by atoms with E-state index in [-0.39, 0.29) is 31.2 Å². The number of carbonyl (C=O) groups excluding carboxylic acids is 5. The molecule has 13 nitrogen and oxygen atoms in total. The van der Waals surface area contributed by atoms with E-state index in [1.807, 2.05) is 77.7 Å². The summed E-state index contributed by atoms with van der Waals surface area (Å²) in [7, 11) is 0. The lowest BCUT2D eigenvalue weighted by molar-refractivity contribution is -0.128. The van der Waals surface area contributed by atoms with E-state index in [2.05, 4.69) is 21.2 Å². The first-order chi connectivity index (χ1) is 23.4. The molecule has 0 bridgehead atoms. The number of nitrogens with zero attached hydrogens (tertiary/aromatic N) is 3. The molecule has 3 aromatic rings. The van der Waals surface area contributed by atoms with Crippen LogP contribution in [-0.2, 0) is 36.9 Å². The van der Waals surface area contributed by atoms with Crippen molar-refractivity contribution in [2.75, 3.05) is 22.9 Å². The van der Waals surface area contributed by atoms with E-state index in [0.29, 0.717) is 30.6 Å². The van der Waals surface area contributed by atoms with Gasteiger partial charge in [0.1, 0.15) is 30.5 Å². The van der Waals surface area contributed by atoms with Gasteiger partial charge < -0.3 is 30.8 Å². The number of rotatable bonds is 13. The molecule has 0 fully saturated rings. The lowest BCUT2D eigenvalue weighted by Gasteiger charge is -2.28. The van der Waals surface area contributed by atoms with Crippen LogP contribution in [0.3, 0.4) is 0 Å². The molecule has 0 unspecified atom stereocenters. The van der Waals surface area contributed by atoms with Gasteiger partial charge in [0, 0.05) is 25.9 Å². The van der Waals surface area contributed by atoms with Crippen LogP contribution in [0.15, 0.2) is 90.0 Å². The van der Waals surface area contributed by atoms with Crippen molar-refractivity contribution in [2.45, 2.75) is 64.3 Å². The van der Waals surface area contributed by atoms with Gasteiger partial charge in [-0.3, -0.25) is 19.3 Å². The van der Waals surface area contributed by atoms with Gasteiger partial charge >= 0.3 is 6.03 Å². The summed E-state index contributed by atoms with van der Waals surface area (Å²) in [6.45, 7) is 5.34. The highest BCUT2D eigenvalue weighted by molar-refractivity contribution is 6.07. The molecule has 1 aliphatic heterocycles. The summed E-state index contributed by atoms with van der Waals surface area (Å²) in [5.41, 5.74) is 9.63. The van der Waals surface area contributed by atoms with Gasteiger partial charge in [0.15, 0.2) is 0 Å². The Balaban J connectivity index is 1.63. The number of aldehydes is 1. The molecule has 49 heavy (non-hydrogen) atoms. The Morgan fingerprint density at radius 3 is 2.16 bits per heavy atom. The van der Waals surface area contributed by atoms with Crippen LogP contribution in [0.2, 0.25) is 0 Å². The summed E-state index contributed by atoms with van der Waals surface area (Å²) in [6, 6.07) is 23.5. The third-order valence-electron chi connectivity index (χ3n) is 7.47. The number of nitrogens with one attached hydrogen (secondary N) is 3. The van der Waals surface area contributed by atoms with Crippen molar-refractivity contribution in [3.05, 3.63) is 96.1 Å². The second kappa shape index (κ2) is 16.9. The summed E-state index contributed by atoms with van der Waals surface area (Å²) >= 11 is 0. The monoisotopic (exact) mass is 669 g/mol. The molecule has 0 radical (unpaired) electrons. The molecule has 3 aromatic carbocycles. The van der Waals surface area contributed by atoms with Crippen LogP contribution in [0.25, 0.3) is 0 Å². The second-order valence-corrected chi connectivity index (χ2v) is 12.5. The van der Waals surface area contributed by atoms with E-state index in [4.69, 9.17) is 10.5 Å². The minimum Gasteiger partial charge on any atom is -0.473 e. The molecule has 0 saturated carbocycles. The van der Waals surface area contributed by atoms with Crippen molar-refractivity contribution < 1.29 is 28.7 Å². The highest BCUT2D eigenvalue weighted by atomic mass is 16.5. The van der Waals surface area contributed by atoms with Gasteiger partial charge in [-0.1, -0.05) is 72.8 Å². The molecule has 2 atom stereocenters. The third-order valence-corrected chi connectivity index (χ3v) is 7.47. The van der Waals surface area contributed by atoms with Crippen molar-refractivity contribution in [1.82, 2.24) is 16.1 Å². The van der Waals surface area contributed by atoms with E-state index in [1.54, 1.807) is 32.9 Å². The highest BCUT2D eigenvalue weighted by Crippen LogP contribution is 2.34. The van der Waals surface area contributed by atoms with Gasteiger partial charge in [0.2, 0.25) is 17.7 Å². The van der Waals surface area contributed by atoms with E-state index in [9.17, 15) is 24.0 Å². The van der Waals surface area contributed by atoms with E-state index in [0.717, 1.165) is 11.1 Å². The number of hydrazone groups is 1. The maximum absolute atomic E-state index is 14.3. The molecule has 5 N–H and O–H groups in total. The number of fused-ring (bicyclic) bond motifs is 1. The Kier molecular flexibility index (Phi) is 12.5. The summed E-state index contributed by atoms with van der Waals surface area (Å²) in [6.07, 6.45) is 1.00. The van der Waals surface area contributed by atoms with E-state index in [1.165, 1.54) is 4.90 Å². The van der Waals surface area contributed by atoms with Crippen molar-refractivity contribution in [1.29, 1.82) is 0 Å². The van der Waals surface area contributed by atoms with Gasteiger partial charge in [-0.2, -0.15) is 0 Å². The maximum Gasteiger partial charge on any atom is 0.332 e. The van der Waals surface area contributed by atoms with Gasteiger partial charge in [-0.15, -0.1) is 5.10 Å². The van der Waals surface area contributed by atoms with Crippen LogP contribution >= 0.6 is 0 Å². The van der Waals surface area contributed by atoms with Crippen molar-refractivity contribution >= 4 is 47.3 Å². The number of hydrogen-bond acceptors (Lipinski definition) is 8. The Labute approximate surface area is 285 Å². The fourth-order valence-electron chi connectivity index (χ4n) is 5.35. The molecule has 0 aliphatic carbocycles. The zero-order valence-electron chi connectivity index (χ0n) is 27.9. The topological polar surface area (TPSA) is 176 Å². The molecular formula is C36H43N7O6. The quantitative estimate of drug-likeness (QED) is 0.0936.